The van der Waals surface area contributed by atoms with E-state index in [1.165, 1.54) is 0 Å². The molecular weight excluding hydrogens is 264 g/mol. The molecule has 0 aliphatic carbocycles. The fourth-order valence-corrected chi connectivity index (χ4v) is 2.16. The van der Waals surface area contributed by atoms with Crippen molar-refractivity contribution in [2.75, 3.05) is 7.11 Å². The zero-order valence-electron chi connectivity index (χ0n) is 11.7. The molecule has 2 N–H and O–H groups in total. The van der Waals surface area contributed by atoms with Crippen LogP contribution in [0.25, 0.3) is 22.4 Å². The number of nitrogens with two attached hydrogens (primary N) is 1. The average Bonchev–Trinajstić information content (AvgIpc) is 3.04. The predicted octanol–water partition coefficient (Wildman–Crippen LogP) is 3.48. The van der Waals surface area contributed by atoms with E-state index in [0.717, 1.165) is 28.1 Å². The molecule has 0 saturated carbocycles. The maximum Gasteiger partial charge on any atom is 0.150 e. The van der Waals surface area contributed by atoms with Gasteiger partial charge < -0.3 is 15.0 Å². The Morgan fingerprint density at radius 1 is 0.952 bits per heavy atom. The van der Waals surface area contributed by atoms with E-state index >= 15 is 0 Å². The van der Waals surface area contributed by atoms with Crippen LogP contribution in [0.4, 0.5) is 0 Å². The zero-order chi connectivity index (χ0) is 14.7. The van der Waals surface area contributed by atoms with Crippen molar-refractivity contribution in [2.24, 2.45) is 5.73 Å². The molecule has 0 atom stereocenters. The third-order valence-corrected chi connectivity index (χ3v) is 3.36. The van der Waals surface area contributed by atoms with E-state index in [1.807, 2.05) is 42.5 Å². The van der Waals surface area contributed by atoms with Crippen LogP contribution in [-0.2, 0) is 6.54 Å². The summed E-state index contributed by atoms with van der Waals surface area (Å²) in [7, 11) is 1.66. The monoisotopic (exact) mass is 280 g/mol. The molecule has 2 aromatic carbocycles. The molecule has 4 heteroatoms. The number of hydrogen-bond donors (Lipinski definition) is 1. The van der Waals surface area contributed by atoms with Gasteiger partial charge in [-0.05, 0) is 23.3 Å². The maximum absolute atomic E-state index is 5.52. The van der Waals surface area contributed by atoms with Gasteiger partial charge in [0, 0.05) is 11.6 Å². The fraction of sp³-hybridized carbons (Fsp3) is 0.118. The molecule has 1 heterocycles. The van der Waals surface area contributed by atoms with E-state index in [4.69, 9.17) is 15.0 Å². The summed E-state index contributed by atoms with van der Waals surface area (Å²) in [4.78, 5) is 0. The second-order valence-electron chi connectivity index (χ2n) is 4.69. The third kappa shape index (κ3) is 2.80. The predicted molar refractivity (Wildman–Crippen MR) is 81.8 cm³/mol. The van der Waals surface area contributed by atoms with E-state index in [-0.39, 0.29) is 0 Å². The highest BCUT2D eigenvalue weighted by molar-refractivity contribution is 5.69. The van der Waals surface area contributed by atoms with Crippen molar-refractivity contribution in [3.63, 3.8) is 0 Å². The van der Waals surface area contributed by atoms with Gasteiger partial charge in [0.1, 0.15) is 11.4 Å². The van der Waals surface area contributed by atoms with Crippen molar-refractivity contribution < 1.29 is 9.26 Å². The van der Waals surface area contributed by atoms with Gasteiger partial charge in [0.2, 0.25) is 0 Å². The Labute approximate surface area is 123 Å². The van der Waals surface area contributed by atoms with Crippen LogP contribution in [-0.4, -0.2) is 12.3 Å². The summed E-state index contributed by atoms with van der Waals surface area (Å²) >= 11 is 0. The highest BCUT2D eigenvalue weighted by Gasteiger charge is 2.06. The second-order valence-corrected chi connectivity index (χ2v) is 4.69. The summed E-state index contributed by atoms with van der Waals surface area (Å²) in [6.07, 6.45) is 0. The van der Waals surface area contributed by atoms with Crippen LogP contribution in [0.2, 0.25) is 0 Å². The van der Waals surface area contributed by atoms with Crippen LogP contribution in [0.1, 0.15) is 5.76 Å². The Hall–Kier alpha value is -2.59. The van der Waals surface area contributed by atoms with E-state index in [0.29, 0.717) is 12.3 Å². The Morgan fingerprint density at radius 3 is 2.05 bits per heavy atom. The lowest BCUT2D eigenvalue weighted by atomic mass is 10.0. The minimum absolute atomic E-state index is 0.358. The fourth-order valence-electron chi connectivity index (χ4n) is 2.16. The van der Waals surface area contributed by atoms with Crippen LogP contribution in [0.5, 0.6) is 5.75 Å². The van der Waals surface area contributed by atoms with Gasteiger partial charge in [-0.2, -0.15) is 0 Å². The molecule has 4 nitrogen and oxygen atoms in total. The second kappa shape index (κ2) is 5.81. The highest BCUT2D eigenvalue weighted by Crippen LogP contribution is 2.26. The van der Waals surface area contributed by atoms with Gasteiger partial charge in [0.25, 0.3) is 0 Å². The molecule has 0 unspecified atom stereocenters. The van der Waals surface area contributed by atoms with E-state index in [1.54, 1.807) is 7.11 Å². The largest absolute Gasteiger partial charge is 0.497 e. The first-order valence-electron chi connectivity index (χ1n) is 6.70. The lowest BCUT2D eigenvalue weighted by molar-refractivity contribution is 0.387. The number of ether oxygens (including phenoxy) is 1. The molecule has 0 fully saturated rings. The molecule has 1 aromatic heterocycles. The van der Waals surface area contributed by atoms with Crippen molar-refractivity contribution in [1.29, 1.82) is 0 Å². The number of aromatic nitrogens is 1. The van der Waals surface area contributed by atoms with Gasteiger partial charge in [-0.15, -0.1) is 0 Å². The standard InChI is InChI=1S/C17H16N2O2/c1-20-15-8-6-13(7-9-15)12-2-4-14(5-3-12)17-10-16(11-18)21-19-17/h2-10H,11,18H2,1H3. The first-order chi connectivity index (χ1) is 10.3. The molecule has 0 aliphatic rings. The van der Waals surface area contributed by atoms with Gasteiger partial charge in [-0.3, -0.25) is 0 Å². The smallest absolute Gasteiger partial charge is 0.150 e. The summed E-state index contributed by atoms with van der Waals surface area (Å²) < 4.78 is 10.3. The van der Waals surface area contributed by atoms with Crippen LogP contribution >= 0.6 is 0 Å². The Morgan fingerprint density at radius 2 is 1.52 bits per heavy atom. The lowest BCUT2D eigenvalue weighted by Gasteiger charge is -2.04. The molecule has 0 saturated heterocycles. The first-order valence-corrected chi connectivity index (χ1v) is 6.70. The summed E-state index contributed by atoms with van der Waals surface area (Å²) in [5.41, 5.74) is 9.62. The van der Waals surface area contributed by atoms with Crippen molar-refractivity contribution in [3.05, 3.63) is 60.4 Å². The Kier molecular flexibility index (Phi) is 3.71. The van der Waals surface area contributed by atoms with Gasteiger partial charge >= 0.3 is 0 Å². The molecule has 3 aromatic rings. The minimum atomic E-state index is 0.358. The molecule has 106 valence electrons. The molecule has 0 spiro atoms. The molecular formula is C17H16N2O2. The quantitative estimate of drug-likeness (QED) is 0.794. The van der Waals surface area contributed by atoms with Crippen molar-refractivity contribution >= 4 is 0 Å². The number of rotatable bonds is 4. The van der Waals surface area contributed by atoms with Crippen molar-refractivity contribution in [1.82, 2.24) is 5.16 Å². The SMILES string of the molecule is COc1ccc(-c2ccc(-c3cc(CN)on3)cc2)cc1. The normalized spacial score (nSPS) is 10.6. The van der Waals surface area contributed by atoms with Gasteiger partial charge in [-0.1, -0.05) is 41.6 Å². The zero-order valence-corrected chi connectivity index (χ0v) is 11.7. The minimum Gasteiger partial charge on any atom is -0.497 e. The number of hydrogen-bond acceptors (Lipinski definition) is 4. The lowest BCUT2D eigenvalue weighted by Crippen LogP contribution is -1.92. The summed E-state index contributed by atoms with van der Waals surface area (Å²) in [5.74, 6) is 1.54. The highest BCUT2D eigenvalue weighted by atomic mass is 16.5. The molecule has 0 radical (unpaired) electrons. The molecule has 0 aliphatic heterocycles. The molecule has 0 bridgehead atoms. The van der Waals surface area contributed by atoms with Crippen LogP contribution < -0.4 is 10.5 Å². The number of methoxy groups -OCH3 is 1. The Bertz CT molecular complexity index is 715. The summed E-state index contributed by atoms with van der Waals surface area (Å²) in [6, 6.07) is 18.0. The number of nitrogens with zero attached hydrogens (tertiary/aromatic N) is 1. The van der Waals surface area contributed by atoms with Crippen molar-refractivity contribution in [3.8, 4) is 28.1 Å². The van der Waals surface area contributed by atoms with E-state index < -0.39 is 0 Å². The summed E-state index contributed by atoms with van der Waals surface area (Å²) in [6.45, 7) is 0.358. The van der Waals surface area contributed by atoms with Gasteiger partial charge in [0.05, 0.1) is 13.7 Å². The molecule has 0 amide bonds. The van der Waals surface area contributed by atoms with Gasteiger partial charge in [0.15, 0.2) is 5.76 Å². The topological polar surface area (TPSA) is 61.3 Å². The van der Waals surface area contributed by atoms with Crippen molar-refractivity contribution in [2.45, 2.75) is 6.54 Å². The summed E-state index contributed by atoms with van der Waals surface area (Å²) in [5, 5.41) is 4.01. The van der Waals surface area contributed by atoms with Crippen LogP contribution in [0.15, 0.2) is 59.1 Å². The third-order valence-electron chi connectivity index (χ3n) is 3.36. The first kappa shape index (κ1) is 13.4. The Balaban J connectivity index is 1.85. The van der Waals surface area contributed by atoms with Gasteiger partial charge in [-0.25, -0.2) is 0 Å². The molecule has 21 heavy (non-hydrogen) atoms. The van der Waals surface area contributed by atoms with Crippen LogP contribution in [0, 0.1) is 0 Å². The van der Waals surface area contributed by atoms with Crippen LogP contribution in [0.3, 0.4) is 0 Å². The maximum atomic E-state index is 5.52. The van der Waals surface area contributed by atoms with E-state index in [9.17, 15) is 0 Å². The number of benzene rings is 2. The van der Waals surface area contributed by atoms with E-state index in [2.05, 4.69) is 17.3 Å². The average molecular weight is 280 g/mol. The molecule has 3 rings (SSSR count).